The largest absolute Gasteiger partial charge is 0.357 e. The molecule has 0 saturated heterocycles. The number of aromatic nitrogens is 1. The molecule has 0 amide bonds. The van der Waals surface area contributed by atoms with E-state index in [0.717, 1.165) is 42.6 Å². The summed E-state index contributed by atoms with van der Waals surface area (Å²) >= 11 is 6.08. The van der Waals surface area contributed by atoms with E-state index in [0.29, 0.717) is 12.0 Å². The minimum Gasteiger partial charge on any atom is -0.357 e. The first-order chi connectivity index (χ1) is 11.8. The molecule has 1 aromatic heterocycles. The van der Waals surface area contributed by atoms with Crippen molar-refractivity contribution >= 4 is 41.5 Å². The summed E-state index contributed by atoms with van der Waals surface area (Å²) in [5.41, 5.74) is 2.37. The number of rotatable bonds is 6. The second kappa shape index (κ2) is 9.97. The monoisotopic (exact) mass is 470 g/mol. The number of halogens is 2. The van der Waals surface area contributed by atoms with Gasteiger partial charge in [-0.2, -0.15) is 0 Å². The molecule has 1 fully saturated rings. The van der Waals surface area contributed by atoms with E-state index in [1.165, 1.54) is 5.56 Å². The van der Waals surface area contributed by atoms with E-state index >= 15 is 0 Å². The molecule has 2 unspecified atom stereocenters. The van der Waals surface area contributed by atoms with Crippen LogP contribution in [0.15, 0.2) is 53.7 Å². The molecular weight excluding hydrogens is 447 g/mol. The lowest BCUT2D eigenvalue weighted by Gasteiger charge is -2.11. The molecule has 0 spiro atoms. The number of guanidine groups is 1. The molecule has 0 bridgehead atoms. The zero-order valence-electron chi connectivity index (χ0n) is 14.3. The quantitative estimate of drug-likeness (QED) is 0.381. The SMILES string of the molecule is CCNC(=NCCc1ccccn1)NC1CC1c1cccc(Cl)c1.I. The maximum absolute atomic E-state index is 6.08. The van der Waals surface area contributed by atoms with Crippen LogP contribution in [0.4, 0.5) is 0 Å². The van der Waals surface area contributed by atoms with Gasteiger partial charge in [0, 0.05) is 48.4 Å². The van der Waals surface area contributed by atoms with Crippen molar-refractivity contribution in [3.05, 3.63) is 64.9 Å². The summed E-state index contributed by atoms with van der Waals surface area (Å²) in [5.74, 6) is 1.39. The number of nitrogens with zero attached hydrogens (tertiary/aromatic N) is 2. The maximum Gasteiger partial charge on any atom is 0.191 e. The molecule has 1 saturated carbocycles. The van der Waals surface area contributed by atoms with Crippen molar-refractivity contribution in [2.24, 2.45) is 4.99 Å². The van der Waals surface area contributed by atoms with E-state index in [9.17, 15) is 0 Å². The summed E-state index contributed by atoms with van der Waals surface area (Å²) in [7, 11) is 0. The highest BCUT2D eigenvalue weighted by Gasteiger charge is 2.39. The van der Waals surface area contributed by atoms with E-state index in [1.54, 1.807) is 0 Å². The average molecular weight is 471 g/mol. The average Bonchev–Trinajstić information content (AvgIpc) is 3.35. The minimum absolute atomic E-state index is 0. The van der Waals surface area contributed by atoms with Crippen molar-refractivity contribution in [2.45, 2.75) is 31.7 Å². The summed E-state index contributed by atoms with van der Waals surface area (Å²) in [6.07, 6.45) is 3.78. The number of nitrogens with one attached hydrogen (secondary N) is 2. The zero-order valence-corrected chi connectivity index (χ0v) is 17.4. The van der Waals surface area contributed by atoms with Crippen LogP contribution >= 0.6 is 35.6 Å². The van der Waals surface area contributed by atoms with Crippen molar-refractivity contribution in [2.75, 3.05) is 13.1 Å². The van der Waals surface area contributed by atoms with Gasteiger partial charge in [0.25, 0.3) is 0 Å². The third-order valence-corrected chi connectivity index (χ3v) is 4.33. The van der Waals surface area contributed by atoms with Crippen molar-refractivity contribution in [1.82, 2.24) is 15.6 Å². The third kappa shape index (κ3) is 6.15. The molecule has 2 N–H and O–H groups in total. The summed E-state index contributed by atoms with van der Waals surface area (Å²) in [6.45, 7) is 3.65. The number of benzene rings is 1. The van der Waals surface area contributed by atoms with E-state index in [-0.39, 0.29) is 24.0 Å². The van der Waals surface area contributed by atoms with Gasteiger partial charge < -0.3 is 10.6 Å². The lowest BCUT2D eigenvalue weighted by Crippen LogP contribution is -2.39. The Labute approximate surface area is 171 Å². The van der Waals surface area contributed by atoms with Crippen LogP contribution < -0.4 is 10.6 Å². The Morgan fingerprint density at radius 2 is 2.16 bits per heavy atom. The van der Waals surface area contributed by atoms with Crippen LogP contribution in [-0.2, 0) is 6.42 Å². The molecular formula is C19H24ClIN4. The summed E-state index contributed by atoms with van der Waals surface area (Å²) in [6, 6.07) is 14.5. The Morgan fingerprint density at radius 3 is 2.88 bits per heavy atom. The summed E-state index contributed by atoms with van der Waals surface area (Å²) < 4.78 is 0. The number of hydrogen-bond donors (Lipinski definition) is 2. The molecule has 0 aliphatic heterocycles. The van der Waals surface area contributed by atoms with Gasteiger partial charge in [-0.3, -0.25) is 9.98 Å². The van der Waals surface area contributed by atoms with Crippen LogP contribution in [0.5, 0.6) is 0 Å². The second-order valence-corrected chi connectivity index (χ2v) is 6.42. The summed E-state index contributed by atoms with van der Waals surface area (Å²) in [5, 5.41) is 7.64. The fourth-order valence-corrected chi connectivity index (χ4v) is 2.98. The molecule has 6 heteroatoms. The molecule has 0 radical (unpaired) electrons. The van der Waals surface area contributed by atoms with Crippen LogP contribution in [0.3, 0.4) is 0 Å². The van der Waals surface area contributed by atoms with Crippen LogP contribution in [0.2, 0.25) is 5.02 Å². The molecule has 4 nitrogen and oxygen atoms in total. The molecule has 2 atom stereocenters. The van der Waals surface area contributed by atoms with E-state index in [2.05, 4.69) is 39.7 Å². The molecule has 1 aliphatic rings. The zero-order chi connectivity index (χ0) is 16.8. The van der Waals surface area contributed by atoms with Gasteiger partial charge in [-0.05, 0) is 43.2 Å². The topological polar surface area (TPSA) is 49.3 Å². The molecule has 134 valence electrons. The normalized spacial score (nSPS) is 19.0. The van der Waals surface area contributed by atoms with Crippen LogP contribution in [0.25, 0.3) is 0 Å². The summed E-state index contributed by atoms with van der Waals surface area (Å²) in [4.78, 5) is 9.00. The van der Waals surface area contributed by atoms with Crippen molar-refractivity contribution < 1.29 is 0 Å². The Morgan fingerprint density at radius 1 is 1.28 bits per heavy atom. The molecule has 3 rings (SSSR count). The van der Waals surface area contributed by atoms with E-state index < -0.39 is 0 Å². The van der Waals surface area contributed by atoms with Crippen LogP contribution in [0, 0.1) is 0 Å². The van der Waals surface area contributed by atoms with Gasteiger partial charge in [0.2, 0.25) is 0 Å². The molecule has 1 heterocycles. The maximum atomic E-state index is 6.08. The Bertz CT molecular complexity index is 693. The van der Waals surface area contributed by atoms with Crippen LogP contribution in [-0.4, -0.2) is 30.1 Å². The molecule has 1 aromatic carbocycles. The van der Waals surface area contributed by atoms with Crippen molar-refractivity contribution in [3.8, 4) is 0 Å². The van der Waals surface area contributed by atoms with Crippen molar-refractivity contribution in [3.63, 3.8) is 0 Å². The van der Waals surface area contributed by atoms with Gasteiger partial charge >= 0.3 is 0 Å². The third-order valence-electron chi connectivity index (χ3n) is 4.10. The number of aliphatic imine (C=N–C) groups is 1. The van der Waals surface area contributed by atoms with Crippen LogP contribution in [0.1, 0.15) is 30.5 Å². The fourth-order valence-electron chi connectivity index (χ4n) is 2.78. The molecule has 1 aliphatic carbocycles. The van der Waals surface area contributed by atoms with Gasteiger partial charge in [-0.25, -0.2) is 0 Å². The minimum atomic E-state index is 0. The molecule has 25 heavy (non-hydrogen) atoms. The predicted octanol–water partition coefficient (Wildman–Crippen LogP) is 4.01. The van der Waals surface area contributed by atoms with Gasteiger partial charge in [-0.1, -0.05) is 29.8 Å². The first kappa shape index (κ1) is 20.0. The standard InChI is InChI=1S/C19H23ClN4.HI/c1-2-21-19(23-11-9-16-8-3-4-10-22-16)24-18-13-17(18)14-6-5-7-15(20)12-14;/h3-8,10,12,17-18H,2,9,11,13H2,1H3,(H2,21,23,24);1H. The Hall–Kier alpha value is -1.34. The van der Waals surface area contributed by atoms with Gasteiger partial charge in [0.05, 0.1) is 0 Å². The van der Waals surface area contributed by atoms with Gasteiger partial charge in [0.15, 0.2) is 5.96 Å². The lowest BCUT2D eigenvalue weighted by molar-refractivity contribution is 0.789. The number of hydrogen-bond acceptors (Lipinski definition) is 2. The highest BCUT2D eigenvalue weighted by Crippen LogP contribution is 2.41. The fraction of sp³-hybridized carbons (Fsp3) is 0.368. The van der Waals surface area contributed by atoms with E-state index in [4.69, 9.17) is 11.6 Å². The smallest absolute Gasteiger partial charge is 0.191 e. The highest BCUT2D eigenvalue weighted by molar-refractivity contribution is 14.0. The Kier molecular flexibility index (Phi) is 7.96. The molecule has 2 aromatic rings. The predicted molar refractivity (Wildman–Crippen MR) is 115 cm³/mol. The van der Waals surface area contributed by atoms with E-state index in [1.807, 2.05) is 36.5 Å². The van der Waals surface area contributed by atoms with Crippen molar-refractivity contribution in [1.29, 1.82) is 0 Å². The first-order valence-electron chi connectivity index (χ1n) is 8.46. The number of pyridine rings is 1. The first-order valence-corrected chi connectivity index (χ1v) is 8.84. The second-order valence-electron chi connectivity index (χ2n) is 5.98. The lowest BCUT2D eigenvalue weighted by atomic mass is 10.1. The highest BCUT2D eigenvalue weighted by atomic mass is 127. The Balaban J connectivity index is 0.00000225. The van der Waals surface area contributed by atoms with Gasteiger partial charge in [-0.15, -0.1) is 24.0 Å². The van der Waals surface area contributed by atoms with Gasteiger partial charge in [0.1, 0.15) is 0 Å².